The molecule has 4 nitrogen and oxygen atoms in total. The molecule has 21 heavy (non-hydrogen) atoms. The first-order chi connectivity index (χ1) is 9.89. The van der Waals surface area contributed by atoms with Crippen LogP contribution in [0.3, 0.4) is 0 Å². The summed E-state index contributed by atoms with van der Waals surface area (Å²) in [7, 11) is 4.00. The van der Waals surface area contributed by atoms with E-state index in [0.29, 0.717) is 6.42 Å². The van der Waals surface area contributed by atoms with Gasteiger partial charge in [0.05, 0.1) is 5.41 Å². The fraction of sp³-hybridized carbons (Fsp3) is 0.529. The van der Waals surface area contributed by atoms with Crippen LogP contribution in [-0.4, -0.2) is 37.4 Å². The van der Waals surface area contributed by atoms with Crippen LogP contribution < -0.4 is 5.32 Å². The number of hydrogen-bond donors (Lipinski definition) is 1. The number of imide groups is 1. The molecule has 3 atom stereocenters. The summed E-state index contributed by atoms with van der Waals surface area (Å²) in [6, 6.07) is 9.84. The Bertz CT molecular complexity index is 527. The first kappa shape index (κ1) is 15.7. The third-order valence-corrected chi connectivity index (χ3v) is 4.83. The van der Waals surface area contributed by atoms with Crippen LogP contribution in [0.15, 0.2) is 30.3 Å². The van der Waals surface area contributed by atoms with E-state index in [1.54, 1.807) is 0 Å². The van der Waals surface area contributed by atoms with Gasteiger partial charge in [0, 0.05) is 5.92 Å². The molecular formula is C17H24N2O2. The molecule has 1 aliphatic rings. The second-order valence-electron chi connectivity index (χ2n) is 6.29. The normalized spacial score (nSPS) is 29.6. The Kier molecular flexibility index (Phi) is 4.47. The van der Waals surface area contributed by atoms with Crippen LogP contribution in [0, 0.1) is 11.8 Å². The van der Waals surface area contributed by atoms with Gasteiger partial charge < -0.3 is 4.90 Å². The zero-order chi connectivity index (χ0) is 15.6. The lowest BCUT2D eigenvalue weighted by molar-refractivity contribution is -0.145. The highest BCUT2D eigenvalue weighted by atomic mass is 16.2. The average molecular weight is 288 g/mol. The van der Waals surface area contributed by atoms with E-state index in [2.05, 4.69) is 10.2 Å². The number of nitrogens with one attached hydrogen (secondary N) is 1. The van der Waals surface area contributed by atoms with Gasteiger partial charge in [-0.05, 0) is 38.5 Å². The maximum Gasteiger partial charge on any atom is 0.237 e. The largest absolute Gasteiger partial charge is 0.309 e. The summed E-state index contributed by atoms with van der Waals surface area (Å²) in [6.07, 6.45) is 0.703. The highest BCUT2D eigenvalue weighted by molar-refractivity contribution is 6.04. The molecule has 0 radical (unpaired) electrons. The molecule has 3 unspecified atom stereocenters. The minimum atomic E-state index is -0.640. The fourth-order valence-corrected chi connectivity index (χ4v) is 3.21. The van der Waals surface area contributed by atoms with Gasteiger partial charge >= 0.3 is 0 Å². The maximum atomic E-state index is 12.7. The Labute approximate surface area is 126 Å². The molecule has 1 N–H and O–H groups in total. The van der Waals surface area contributed by atoms with Crippen molar-refractivity contribution in [1.29, 1.82) is 0 Å². The van der Waals surface area contributed by atoms with Crippen molar-refractivity contribution in [2.75, 3.05) is 20.6 Å². The van der Waals surface area contributed by atoms with E-state index in [1.807, 2.05) is 58.3 Å². The lowest BCUT2D eigenvalue weighted by Gasteiger charge is -2.44. The lowest BCUT2D eigenvalue weighted by atomic mass is 9.62. The Morgan fingerprint density at radius 2 is 1.76 bits per heavy atom. The molecule has 1 fully saturated rings. The van der Waals surface area contributed by atoms with Gasteiger partial charge in [-0.1, -0.05) is 44.2 Å². The zero-order valence-electron chi connectivity index (χ0n) is 13.2. The Morgan fingerprint density at radius 3 is 2.33 bits per heavy atom. The predicted octanol–water partition coefficient (Wildman–Crippen LogP) is 1.80. The molecular weight excluding hydrogens is 264 g/mol. The summed E-state index contributed by atoms with van der Waals surface area (Å²) in [5.74, 6) is -0.527. The van der Waals surface area contributed by atoms with Crippen molar-refractivity contribution >= 4 is 11.8 Å². The van der Waals surface area contributed by atoms with Gasteiger partial charge in [-0.15, -0.1) is 0 Å². The summed E-state index contributed by atoms with van der Waals surface area (Å²) in [6.45, 7) is 4.72. The monoisotopic (exact) mass is 288 g/mol. The molecule has 114 valence electrons. The molecule has 0 spiro atoms. The maximum absolute atomic E-state index is 12.7. The standard InChI is InChI=1S/C17H24N2O2/c1-12-13(2)17(10-11-19(3)4,16(21)18-15(12)20)14-8-6-5-7-9-14/h5-9,12-13H,10-11H2,1-4H3,(H,18,20,21). The first-order valence-corrected chi connectivity index (χ1v) is 7.45. The predicted molar refractivity (Wildman–Crippen MR) is 82.8 cm³/mol. The number of piperidine rings is 1. The number of carbonyl (C=O) groups excluding carboxylic acids is 2. The summed E-state index contributed by atoms with van der Waals surface area (Å²) < 4.78 is 0. The Morgan fingerprint density at radius 1 is 1.14 bits per heavy atom. The van der Waals surface area contributed by atoms with Gasteiger partial charge in [0.15, 0.2) is 0 Å². The van der Waals surface area contributed by atoms with E-state index in [-0.39, 0.29) is 23.7 Å². The van der Waals surface area contributed by atoms with Crippen LogP contribution >= 0.6 is 0 Å². The molecule has 1 aromatic carbocycles. The van der Waals surface area contributed by atoms with E-state index in [1.165, 1.54) is 0 Å². The molecule has 1 aliphatic heterocycles. The van der Waals surface area contributed by atoms with Crippen molar-refractivity contribution in [2.24, 2.45) is 11.8 Å². The average Bonchev–Trinajstić information content (AvgIpc) is 2.46. The smallest absolute Gasteiger partial charge is 0.237 e. The first-order valence-electron chi connectivity index (χ1n) is 7.45. The molecule has 0 aliphatic carbocycles. The molecule has 1 saturated heterocycles. The summed E-state index contributed by atoms with van der Waals surface area (Å²) in [4.78, 5) is 26.8. The van der Waals surface area contributed by atoms with Crippen LogP contribution in [-0.2, 0) is 15.0 Å². The van der Waals surface area contributed by atoms with Crippen molar-refractivity contribution in [2.45, 2.75) is 25.7 Å². The van der Waals surface area contributed by atoms with E-state index in [0.717, 1.165) is 12.1 Å². The molecule has 1 aromatic rings. The van der Waals surface area contributed by atoms with Crippen LogP contribution in [0.5, 0.6) is 0 Å². The second-order valence-corrected chi connectivity index (χ2v) is 6.29. The summed E-state index contributed by atoms with van der Waals surface area (Å²) in [5.41, 5.74) is 0.356. The third kappa shape index (κ3) is 2.72. The van der Waals surface area contributed by atoms with Crippen LogP contribution in [0.4, 0.5) is 0 Å². The van der Waals surface area contributed by atoms with Crippen molar-refractivity contribution < 1.29 is 9.59 Å². The van der Waals surface area contributed by atoms with E-state index in [4.69, 9.17) is 0 Å². The zero-order valence-corrected chi connectivity index (χ0v) is 13.2. The number of rotatable bonds is 4. The topological polar surface area (TPSA) is 49.4 Å². The van der Waals surface area contributed by atoms with Gasteiger partial charge in [-0.25, -0.2) is 0 Å². The van der Waals surface area contributed by atoms with Crippen molar-refractivity contribution in [3.63, 3.8) is 0 Å². The highest BCUT2D eigenvalue weighted by Gasteiger charge is 2.52. The highest BCUT2D eigenvalue weighted by Crippen LogP contribution is 2.42. The number of carbonyl (C=O) groups is 2. The number of amides is 2. The quantitative estimate of drug-likeness (QED) is 0.860. The van der Waals surface area contributed by atoms with Crippen molar-refractivity contribution in [3.05, 3.63) is 35.9 Å². The van der Waals surface area contributed by atoms with Gasteiger partial charge in [0.25, 0.3) is 0 Å². The lowest BCUT2D eigenvalue weighted by Crippen LogP contribution is -2.60. The molecule has 4 heteroatoms. The summed E-state index contributed by atoms with van der Waals surface area (Å²) >= 11 is 0. The Balaban J connectivity index is 2.49. The van der Waals surface area contributed by atoms with E-state index < -0.39 is 5.41 Å². The molecule has 0 saturated carbocycles. The van der Waals surface area contributed by atoms with Crippen LogP contribution in [0.1, 0.15) is 25.8 Å². The van der Waals surface area contributed by atoms with Crippen LogP contribution in [0.25, 0.3) is 0 Å². The number of hydrogen-bond acceptors (Lipinski definition) is 3. The minimum absolute atomic E-state index is 0.0268. The Hall–Kier alpha value is -1.68. The van der Waals surface area contributed by atoms with Crippen molar-refractivity contribution in [1.82, 2.24) is 10.2 Å². The molecule has 2 rings (SSSR count). The van der Waals surface area contributed by atoms with E-state index in [9.17, 15) is 9.59 Å². The van der Waals surface area contributed by atoms with Gasteiger partial charge in [0.1, 0.15) is 0 Å². The van der Waals surface area contributed by atoms with Crippen LogP contribution in [0.2, 0.25) is 0 Å². The van der Waals surface area contributed by atoms with E-state index >= 15 is 0 Å². The number of nitrogens with zero attached hydrogens (tertiary/aromatic N) is 1. The minimum Gasteiger partial charge on any atom is -0.309 e. The molecule has 0 aromatic heterocycles. The van der Waals surface area contributed by atoms with Gasteiger partial charge in [-0.3, -0.25) is 14.9 Å². The van der Waals surface area contributed by atoms with Crippen molar-refractivity contribution in [3.8, 4) is 0 Å². The third-order valence-electron chi connectivity index (χ3n) is 4.83. The molecule has 0 bridgehead atoms. The SMILES string of the molecule is CC1C(=O)NC(=O)C(CCN(C)C)(c2ccccc2)C1C. The fourth-order valence-electron chi connectivity index (χ4n) is 3.21. The van der Waals surface area contributed by atoms with Gasteiger partial charge in [0.2, 0.25) is 11.8 Å². The molecule has 2 amide bonds. The van der Waals surface area contributed by atoms with Gasteiger partial charge in [-0.2, -0.15) is 0 Å². The molecule has 1 heterocycles. The second kappa shape index (κ2) is 5.98. The number of benzene rings is 1. The summed E-state index contributed by atoms with van der Waals surface area (Å²) in [5, 5.41) is 2.58.